The number of Topliss-reactive ketones (excluding diaryl/α,β-unsaturated/α-hetero) is 1. The van der Waals surface area contributed by atoms with E-state index < -0.39 is 17.7 Å². The molecule has 1 aliphatic rings. The number of carbonyl (C=O) groups is 2. The molecule has 0 bridgehead atoms. The number of aliphatic hydroxyl groups is 1. The lowest BCUT2D eigenvalue weighted by atomic mass is 9.92. The topological polar surface area (TPSA) is 85.3 Å². The van der Waals surface area contributed by atoms with E-state index in [-0.39, 0.29) is 11.3 Å². The summed E-state index contributed by atoms with van der Waals surface area (Å²) in [4.78, 5) is 28.3. The van der Waals surface area contributed by atoms with E-state index >= 15 is 0 Å². The van der Waals surface area contributed by atoms with Gasteiger partial charge < -0.3 is 19.3 Å². The highest BCUT2D eigenvalue weighted by molar-refractivity contribution is 6.51. The average Bonchev–Trinajstić information content (AvgIpc) is 3.14. The molecule has 186 valence electrons. The Hall–Kier alpha value is -4.26. The molecule has 0 saturated carbocycles. The molecule has 1 fully saturated rings. The molecular weight excluding hydrogens is 458 g/mol. The summed E-state index contributed by atoms with van der Waals surface area (Å²) >= 11 is 0. The summed E-state index contributed by atoms with van der Waals surface area (Å²) in [7, 11) is 1.56. The van der Waals surface area contributed by atoms with Crippen molar-refractivity contribution in [2.45, 2.75) is 26.8 Å². The van der Waals surface area contributed by atoms with Gasteiger partial charge in [0.25, 0.3) is 11.7 Å². The molecule has 0 aromatic heterocycles. The van der Waals surface area contributed by atoms with Crippen LogP contribution in [0.25, 0.3) is 5.76 Å². The van der Waals surface area contributed by atoms with Crippen molar-refractivity contribution >= 4 is 23.1 Å². The van der Waals surface area contributed by atoms with Crippen LogP contribution in [0.4, 0.5) is 5.69 Å². The smallest absolute Gasteiger partial charge is 0.300 e. The number of methoxy groups -OCH3 is 1. The Morgan fingerprint density at radius 3 is 2.22 bits per heavy atom. The SMILES string of the molecule is CCOc1ccc(/C(O)=C2\C(=O)C(=O)N(c3ccc(OC)cc3)C2c2ccccc2C)c(OCC)c1. The molecule has 1 heterocycles. The van der Waals surface area contributed by atoms with Crippen LogP contribution in [-0.4, -0.2) is 37.1 Å². The van der Waals surface area contributed by atoms with Gasteiger partial charge in [-0.3, -0.25) is 14.5 Å². The van der Waals surface area contributed by atoms with E-state index in [1.54, 1.807) is 49.6 Å². The number of ketones is 1. The maximum absolute atomic E-state index is 13.5. The molecular formula is C29H29NO6. The summed E-state index contributed by atoms with van der Waals surface area (Å²) in [6.45, 7) is 6.42. The number of amides is 1. The van der Waals surface area contributed by atoms with E-state index in [0.29, 0.717) is 41.7 Å². The van der Waals surface area contributed by atoms with Crippen LogP contribution in [0.5, 0.6) is 17.2 Å². The Morgan fingerprint density at radius 2 is 1.58 bits per heavy atom. The van der Waals surface area contributed by atoms with Gasteiger partial charge in [-0.2, -0.15) is 0 Å². The summed E-state index contributed by atoms with van der Waals surface area (Å²) in [5, 5.41) is 11.5. The van der Waals surface area contributed by atoms with Crippen molar-refractivity contribution in [1.29, 1.82) is 0 Å². The van der Waals surface area contributed by atoms with Crippen LogP contribution in [0, 0.1) is 6.92 Å². The Kier molecular flexibility index (Phi) is 7.29. The molecule has 36 heavy (non-hydrogen) atoms. The molecule has 7 nitrogen and oxygen atoms in total. The van der Waals surface area contributed by atoms with E-state index in [1.807, 2.05) is 45.0 Å². The van der Waals surface area contributed by atoms with E-state index in [9.17, 15) is 14.7 Å². The van der Waals surface area contributed by atoms with Gasteiger partial charge >= 0.3 is 0 Å². The molecule has 1 aliphatic heterocycles. The first-order chi connectivity index (χ1) is 17.4. The van der Waals surface area contributed by atoms with Gasteiger partial charge in [0, 0.05) is 11.8 Å². The number of hydrogen-bond acceptors (Lipinski definition) is 6. The summed E-state index contributed by atoms with van der Waals surface area (Å²) in [6, 6.07) is 18.6. The first-order valence-corrected chi connectivity index (χ1v) is 11.8. The minimum absolute atomic E-state index is 0.00442. The van der Waals surface area contributed by atoms with Gasteiger partial charge in [-0.1, -0.05) is 24.3 Å². The number of hydrogen-bond donors (Lipinski definition) is 1. The van der Waals surface area contributed by atoms with Gasteiger partial charge in [-0.15, -0.1) is 0 Å². The molecule has 3 aromatic rings. The van der Waals surface area contributed by atoms with Crippen LogP contribution < -0.4 is 19.1 Å². The molecule has 3 aromatic carbocycles. The maximum atomic E-state index is 13.5. The first kappa shape index (κ1) is 24.9. The van der Waals surface area contributed by atoms with Gasteiger partial charge in [0.1, 0.15) is 23.0 Å². The summed E-state index contributed by atoms with van der Waals surface area (Å²) in [5.74, 6) is -0.235. The number of aliphatic hydroxyl groups excluding tert-OH is 1. The predicted octanol–water partition coefficient (Wildman–Crippen LogP) is 5.43. The van der Waals surface area contributed by atoms with Crippen LogP contribution in [0.2, 0.25) is 0 Å². The largest absolute Gasteiger partial charge is 0.507 e. The van der Waals surface area contributed by atoms with Crippen molar-refractivity contribution in [1.82, 2.24) is 0 Å². The second-order valence-electron chi connectivity index (χ2n) is 8.25. The van der Waals surface area contributed by atoms with Gasteiger partial charge in [-0.25, -0.2) is 0 Å². The molecule has 4 rings (SSSR count). The molecule has 1 unspecified atom stereocenters. The zero-order valence-electron chi connectivity index (χ0n) is 20.8. The highest BCUT2D eigenvalue weighted by Gasteiger charge is 2.47. The van der Waals surface area contributed by atoms with E-state index in [0.717, 1.165) is 11.1 Å². The minimum atomic E-state index is -0.833. The standard InChI is InChI=1S/C29H29NO6/c1-5-35-21-15-16-23(24(17-21)36-6-2)27(31)25-26(22-10-8-7-9-18(22)3)30(29(33)28(25)32)19-11-13-20(34-4)14-12-19/h7-17,26,31H,5-6H2,1-4H3/b27-25+. The van der Waals surface area contributed by atoms with E-state index in [1.165, 1.54) is 4.90 Å². The summed E-state index contributed by atoms with van der Waals surface area (Å²) < 4.78 is 16.6. The molecule has 0 spiro atoms. The van der Waals surface area contributed by atoms with Crippen LogP contribution in [-0.2, 0) is 9.59 Å². The van der Waals surface area contributed by atoms with Crippen molar-refractivity contribution in [2.75, 3.05) is 25.2 Å². The lowest BCUT2D eigenvalue weighted by Crippen LogP contribution is -2.29. The molecule has 1 atom stereocenters. The van der Waals surface area contributed by atoms with Crippen molar-refractivity contribution in [3.05, 3.63) is 89.0 Å². The number of ether oxygens (including phenoxy) is 3. The van der Waals surface area contributed by atoms with Gasteiger partial charge in [0.05, 0.1) is 37.5 Å². The van der Waals surface area contributed by atoms with Crippen molar-refractivity contribution in [2.24, 2.45) is 0 Å². The zero-order chi connectivity index (χ0) is 25.8. The number of rotatable bonds is 8. The van der Waals surface area contributed by atoms with E-state index in [2.05, 4.69) is 0 Å². The lowest BCUT2D eigenvalue weighted by Gasteiger charge is -2.27. The molecule has 1 N–H and O–H groups in total. The van der Waals surface area contributed by atoms with Crippen molar-refractivity contribution in [3.63, 3.8) is 0 Å². The Labute approximate surface area is 210 Å². The third-order valence-corrected chi connectivity index (χ3v) is 6.10. The number of carbonyl (C=O) groups excluding carboxylic acids is 2. The number of aryl methyl sites for hydroxylation is 1. The highest BCUT2D eigenvalue weighted by Crippen LogP contribution is 2.44. The third-order valence-electron chi connectivity index (χ3n) is 6.10. The molecule has 1 saturated heterocycles. The van der Waals surface area contributed by atoms with Crippen LogP contribution in [0.1, 0.15) is 36.6 Å². The number of benzene rings is 3. The maximum Gasteiger partial charge on any atom is 0.300 e. The fraction of sp³-hybridized carbons (Fsp3) is 0.241. The number of anilines is 1. The van der Waals surface area contributed by atoms with Crippen LogP contribution in [0.15, 0.2) is 72.3 Å². The highest BCUT2D eigenvalue weighted by atomic mass is 16.5. The molecule has 0 radical (unpaired) electrons. The van der Waals surface area contributed by atoms with Crippen LogP contribution in [0.3, 0.4) is 0 Å². The van der Waals surface area contributed by atoms with Crippen LogP contribution >= 0.6 is 0 Å². The second-order valence-corrected chi connectivity index (χ2v) is 8.25. The van der Waals surface area contributed by atoms with Crippen molar-refractivity contribution in [3.8, 4) is 17.2 Å². The molecule has 1 amide bonds. The molecule has 7 heteroatoms. The fourth-order valence-corrected chi connectivity index (χ4v) is 4.40. The van der Waals surface area contributed by atoms with Gasteiger partial charge in [0.15, 0.2) is 0 Å². The fourth-order valence-electron chi connectivity index (χ4n) is 4.40. The summed E-state index contributed by atoms with van der Waals surface area (Å²) in [6.07, 6.45) is 0. The normalized spacial score (nSPS) is 16.8. The van der Waals surface area contributed by atoms with Gasteiger partial charge in [-0.05, 0) is 68.3 Å². The minimum Gasteiger partial charge on any atom is -0.507 e. The van der Waals surface area contributed by atoms with Gasteiger partial charge in [0.2, 0.25) is 0 Å². The average molecular weight is 488 g/mol. The predicted molar refractivity (Wildman–Crippen MR) is 138 cm³/mol. The Balaban J connectivity index is 1.94. The van der Waals surface area contributed by atoms with Crippen molar-refractivity contribution < 1.29 is 28.9 Å². The lowest BCUT2D eigenvalue weighted by molar-refractivity contribution is -0.132. The first-order valence-electron chi connectivity index (χ1n) is 11.8. The quantitative estimate of drug-likeness (QED) is 0.259. The van der Waals surface area contributed by atoms with E-state index in [4.69, 9.17) is 14.2 Å². The Morgan fingerprint density at radius 1 is 0.917 bits per heavy atom. The molecule has 0 aliphatic carbocycles. The number of nitrogens with zero attached hydrogens (tertiary/aromatic N) is 1. The third kappa shape index (κ3) is 4.52. The second kappa shape index (κ2) is 10.6. The Bertz CT molecular complexity index is 1310. The zero-order valence-corrected chi connectivity index (χ0v) is 20.8. The monoisotopic (exact) mass is 487 g/mol. The summed E-state index contributed by atoms with van der Waals surface area (Å²) in [5.41, 5.74) is 2.44.